The molecule has 0 bridgehead atoms. The second-order valence-electron chi connectivity index (χ2n) is 7.26. The quantitative estimate of drug-likeness (QED) is 0.341. The number of rotatable bonds is 6. The van der Waals surface area contributed by atoms with E-state index in [2.05, 4.69) is 10.6 Å². The van der Waals surface area contributed by atoms with Crippen LogP contribution in [-0.4, -0.2) is 17.1 Å². The van der Waals surface area contributed by atoms with Gasteiger partial charge < -0.3 is 10.6 Å². The van der Waals surface area contributed by atoms with E-state index in [4.69, 9.17) is 0 Å². The molecule has 160 valence electrons. The summed E-state index contributed by atoms with van der Waals surface area (Å²) in [7, 11) is 0. The molecule has 0 aromatic heterocycles. The van der Waals surface area contributed by atoms with E-state index in [0.717, 1.165) is 21.4 Å². The number of fused-ring (bicyclic) bond motifs is 1. The molecule has 0 fully saturated rings. The maximum atomic E-state index is 13.0. The van der Waals surface area contributed by atoms with Crippen molar-refractivity contribution in [3.05, 3.63) is 102 Å². The first-order chi connectivity index (χ1) is 15.5. The molecule has 4 aromatic rings. The zero-order valence-electron chi connectivity index (χ0n) is 17.3. The first kappa shape index (κ1) is 21.6. The smallest absolute Gasteiger partial charge is 0.255 e. The van der Waals surface area contributed by atoms with Crippen molar-refractivity contribution in [3.8, 4) is 0 Å². The van der Waals surface area contributed by atoms with Crippen LogP contribution in [0, 0.1) is 5.82 Å². The second kappa shape index (κ2) is 9.66. The van der Waals surface area contributed by atoms with Gasteiger partial charge >= 0.3 is 0 Å². The van der Waals surface area contributed by atoms with Crippen LogP contribution < -0.4 is 10.6 Å². The van der Waals surface area contributed by atoms with Crippen LogP contribution in [0.25, 0.3) is 10.8 Å². The molecule has 0 spiro atoms. The summed E-state index contributed by atoms with van der Waals surface area (Å²) in [6, 6.07) is 26.4. The van der Waals surface area contributed by atoms with Crippen LogP contribution in [0.5, 0.6) is 0 Å². The molecule has 0 aliphatic rings. The van der Waals surface area contributed by atoms with E-state index in [1.54, 1.807) is 12.1 Å². The van der Waals surface area contributed by atoms with Gasteiger partial charge in [0, 0.05) is 27.2 Å². The summed E-state index contributed by atoms with van der Waals surface area (Å²) in [4.78, 5) is 25.9. The number of halogens is 1. The Hall–Kier alpha value is -3.64. The lowest BCUT2D eigenvalue weighted by molar-refractivity contribution is -0.115. The third-order valence-corrected chi connectivity index (χ3v) is 6.06. The average molecular weight is 445 g/mol. The van der Waals surface area contributed by atoms with Gasteiger partial charge in [-0.2, -0.15) is 0 Å². The Morgan fingerprint density at radius 3 is 2.25 bits per heavy atom. The highest BCUT2D eigenvalue weighted by Gasteiger charge is 2.16. The molecule has 6 heteroatoms. The highest BCUT2D eigenvalue weighted by atomic mass is 32.2. The summed E-state index contributed by atoms with van der Waals surface area (Å²) in [6.07, 6.45) is 0. The lowest BCUT2D eigenvalue weighted by Gasteiger charge is -2.14. The largest absolute Gasteiger partial charge is 0.325 e. The molecule has 2 amide bonds. The van der Waals surface area contributed by atoms with E-state index in [1.807, 2.05) is 61.5 Å². The Labute approximate surface area is 189 Å². The standard InChI is InChI=1S/C26H21FN2O2S/c1-17(25(30)29-24-8-4-6-18-5-2-3-7-23(18)24)32-22-15-13-21(14-16-22)28-26(31)19-9-11-20(27)12-10-19/h2-17H,1H3,(H,28,31)(H,29,30). The molecule has 4 aromatic carbocycles. The van der Waals surface area contributed by atoms with Crippen molar-refractivity contribution in [1.29, 1.82) is 0 Å². The Morgan fingerprint density at radius 1 is 0.812 bits per heavy atom. The minimum absolute atomic E-state index is 0.0833. The van der Waals surface area contributed by atoms with Crippen LogP contribution in [0.2, 0.25) is 0 Å². The van der Waals surface area contributed by atoms with Crippen molar-refractivity contribution in [2.45, 2.75) is 17.1 Å². The van der Waals surface area contributed by atoms with Crippen LogP contribution in [0.15, 0.2) is 95.9 Å². The maximum absolute atomic E-state index is 13.0. The van der Waals surface area contributed by atoms with Crippen molar-refractivity contribution < 1.29 is 14.0 Å². The summed E-state index contributed by atoms with van der Waals surface area (Å²) in [5.41, 5.74) is 1.79. The molecule has 0 aliphatic heterocycles. The molecular weight excluding hydrogens is 423 g/mol. The predicted molar refractivity (Wildman–Crippen MR) is 129 cm³/mol. The zero-order valence-corrected chi connectivity index (χ0v) is 18.2. The van der Waals surface area contributed by atoms with E-state index in [-0.39, 0.29) is 22.9 Å². The van der Waals surface area contributed by atoms with Gasteiger partial charge in [-0.15, -0.1) is 11.8 Å². The first-order valence-corrected chi connectivity index (χ1v) is 11.0. The third-order valence-electron chi connectivity index (χ3n) is 4.95. The number of carbonyl (C=O) groups is 2. The van der Waals surface area contributed by atoms with Crippen LogP contribution >= 0.6 is 11.8 Å². The highest BCUT2D eigenvalue weighted by Crippen LogP contribution is 2.28. The van der Waals surface area contributed by atoms with Gasteiger partial charge in [0.15, 0.2) is 0 Å². The fraction of sp³-hybridized carbons (Fsp3) is 0.0769. The van der Waals surface area contributed by atoms with Crippen molar-refractivity contribution in [3.63, 3.8) is 0 Å². The summed E-state index contributed by atoms with van der Waals surface area (Å²) in [6.45, 7) is 1.86. The SMILES string of the molecule is CC(Sc1ccc(NC(=O)c2ccc(F)cc2)cc1)C(=O)Nc1cccc2ccccc12. The van der Waals surface area contributed by atoms with E-state index in [9.17, 15) is 14.0 Å². The van der Waals surface area contributed by atoms with Gasteiger partial charge in [-0.25, -0.2) is 4.39 Å². The van der Waals surface area contributed by atoms with E-state index < -0.39 is 0 Å². The number of anilines is 2. The molecule has 0 saturated heterocycles. The van der Waals surface area contributed by atoms with Gasteiger partial charge in [-0.05, 0) is 66.9 Å². The molecule has 1 unspecified atom stereocenters. The topological polar surface area (TPSA) is 58.2 Å². The van der Waals surface area contributed by atoms with Crippen molar-refractivity contribution >= 4 is 45.7 Å². The Balaban J connectivity index is 1.36. The van der Waals surface area contributed by atoms with Crippen LogP contribution in [-0.2, 0) is 4.79 Å². The van der Waals surface area contributed by atoms with Crippen LogP contribution in [0.4, 0.5) is 15.8 Å². The molecule has 0 aliphatic carbocycles. The minimum atomic E-state index is -0.387. The number of amides is 2. The van der Waals surface area contributed by atoms with E-state index >= 15 is 0 Å². The van der Waals surface area contributed by atoms with Crippen molar-refractivity contribution in [2.75, 3.05) is 10.6 Å². The average Bonchev–Trinajstić information content (AvgIpc) is 2.81. The number of thioether (sulfide) groups is 1. The molecule has 1 atom stereocenters. The van der Waals surface area contributed by atoms with Gasteiger partial charge in [0.25, 0.3) is 5.91 Å². The molecule has 2 N–H and O–H groups in total. The summed E-state index contributed by atoms with van der Waals surface area (Å²) >= 11 is 1.44. The normalized spacial score (nSPS) is 11.7. The van der Waals surface area contributed by atoms with Gasteiger partial charge in [-0.3, -0.25) is 9.59 Å². The Bertz CT molecular complexity index is 1250. The Morgan fingerprint density at radius 2 is 1.50 bits per heavy atom. The second-order valence-corrected chi connectivity index (χ2v) is 8.68. The fourth-order valence-corrected chi connectivity index (χ4v) is 4.12. The lowest BCUT2D eigenvalue weighted by Crippen LogP contribution is -2.22. The zero-order chi connectivity index (χ0) is 22.5. The maximum Gasteiger partial charge on any atom is 0.255 e. The van der Waals surface area contributed by atoms with Crippen molar-refractivity contribution in [2.24, 2.45) is 0 Å². The molecule has 0 heterocycles. The highest BCUT2D eigenvalue weighted by molar-refractivity contribution is 8.00. The predicted octanol–water partition coefficient (Wildman–Crippen LogP) is 6.35. The molecule has 0 radical (unpaired) electrons. The summed E-state index contributed by atoms with van der Waals surface area (Å²) in [5.74, 6) is -0.783. The van der Waals surface area contributed by atoms with Gasteiger partial charge in [-0.1, -0.05) is 36.4 Å². The Kier molecular flexibility index (Phi) is 6.52. The van der Waals surface area contributed by atoms with Crippen LogP contribution in [0.3, 0.4) is 0 Å². The van der Waals surface area contributed by atoms with E-state index in [0.29, 0.717) is 11.3 Å². The number of benzene rings is 4. The summed E-state index contributed by atoms with van der Waals surface area (Å²) < 4.78 is 13.0. The minimum Gasteiger partial charge on any atom is -0.325 e. The summed E-state index contributed by atoms with van der Waals surface area (Å²) in [5, 5.41) is 7.57. The van der Waals surface area contributed by atoms with Gasteiger partial charge in [0.2, 0.25) is 5.91 Å². The van der Waals surface area contributed by atoms with Gasteiger partial charge in [0.05, 0.1) is 5.25 Å². The van der Waals surface area contributed by atoms with Crippen molar-refractivity contribution in [1.82, 2.24) is 0 Å². The van der Waals surface area contributed by atoms with E-state index in [1.165, 1.54) is 36.0 Å². The number of hydrogen-bond donors (Lipinski definition) is 2. The number of carbonyl (C=O) groups excluding carboxylic acids is 2. The molecule has 0 saturated carbocycles. The lowest BCUT2D eigenvalue weighted by atomic mass is 10.1. The molecule has 4 nitrogen and oxygen atoms in total. The molecule has 4 rings (SSSR count). The third kappa shape index (κ3) is 5.15. The number of hydrogen-bond acceptors (Lipinski definition) is 3. The molecule has 32 heavy (non-hydrogen) atoms. The molecular formula is C26H21FN2O2S. The first-order valence-electron chi connectivity index (χ1n) is 10.1. The number of nitrogens with one attached hydrogen (secondary N) is 2. The van der Waals surface area contributed by atoms with Gasteiger partial charge in [0.1, 0.15) is 5.82 Å². The van der Waals surface area contributed by atoms with Crippen LogP contribution in [0.1, 0.15) is 17.3 Å². The fourth-order valence-electron chi connectivity index (χ4n) is 3.25. The monoisotopic (exact) mass is 444 g/mol.